The Labute approximate surface area is 172 Å². The van der Waals surface area contributed by atoms with Crippen molar-refractivity contribution in [2.45, 2.75) is 37.0 Å². The van der Waals surface area contributed by atoms with Gasteiger partial charge in [0.05, 0.1) is 9.79 Å². The zero-order valence-corrected chi connectivity index (χ0v) is 18.2. The molecule has 0 unspecified atom stereocenters. The number of rotatable bonds is 5. The summed E-state index contributed by atoms with van der Waals surface area (Å²) in [6, 6.07) is 12.0. The van der Waals surface area contributed by atoms with E-state index in [9.17, 15) is 16.8 Å². The minimum atomic E-state index is -4.02. The van der Waals surface area contributed by atoms with E-state index in [1.54, 1.807) is 24.3 Å². The summed E-state index contributed by atoms with van der Waals surface area (Å²) in [5, 5.41) is 16.7. The van der Waals surface area contributed by atoms with Crippen molar-refractivity contribution in [3.8, 4) is 0 Å². The van der Waals surface area contributed by atoms with Crippen molar-refractivity contribution in [2.24, 2.45) is 5.92 Å². The standard InChI is InChI=1S/2C7H8O3S.C5H12O2/c2*1-6-2-4-7(5-3-6)11(8,9)10;1-2-5(3-6)4-7/h2*2-5H,1H3,(H,8,9,10);5-7H,2-4H2,1H3. The van der Waals surface area contributed by atoms with Crippen molar-refractivity contribution in [1.82, 2.24) is 0 Å². The molecular formula is C19H28O8S2. The Morgan fingerprint density at radius 2 is 0.966 bits per heavy atom. The van der Waals surface area contributed by atoms with Crippen LogP contribution in [0.4, 0.5) is 0 Å². The maximum absolute atomic E-state index is 10.5. The number of aliphatic hydroxyl groups is 2. The number of hydrogen-bond acceptors (Lipinski definition) is 6. The largest absolute Gasteiger partial charge is 0.396 e. The molecule has 2 aromatic rings. The minimum Gasteiger partial charge on any atom is -0.396 e. The normalized spacial score (nSPS) is 11.2. The van der Waals surface area contributed by atoms with Gasteiger partial charge in [-0.1, -0.05) is 42.3 Å². The SMILES string of the molecule is CCC(CO)CO.Cc1ccc(S(=O)(=O)O)cc1.Cc1ccc(S(=O)(=O)O)cc1. The lowest BCUT2D eigenvalue weighted by Gasteiger charge is -2.03. The summed E-state index contributed by atoms with van der Waals surface area (Å²) in [6.07, 6.45) is 0.854. The first kappa shape index (κ1) is 27.2. The first-order valence-corrected chi connectivity index (χ1v) is 11.5. The molecular weight excluding hydrogens is 420 g/mol. The fraction of sp³-hybridized carbons (Fsp3) is 0.368. The molecule has 4 N–H and O–H groups in total. The average molecular weight is 449 g/mol. The molecule has 0 amide bonds. The maximum Gasteiger partial charge on any atom is 0.294 e. The Morgan fingerprint density at radius 3 is 1.10 bits per heavy atom. The predicted molar refractivity (Wildman–Crippen MR) is 110 cm³/mol. The molecule has 10 heteroatoms. The summed E-state index contributed by atoms with van der Waals surface area (Å²) >= 11 is 0. The van der Waals surface area contributed by atoms with E-state index in [1.165, 1.54) is 24.3 Å². The minimum absolute atomic E-state index is 0.0666. The van der Waals surface area contributed by atoms with Gasteiger partial charge < -0.3 is 10.2 Å². The zero-order chi connectivity index (χ0) is 22.7. The van der Waals surface area contributed by atoms with E-state index in [0.29, 0.717) is 0 Å². The highest BCUT2D eigenvalue weighted by Crippen LogP contribution is 2.09. The van der Waals surface area contributed by atoms with E-state index < -0.39 is 20.2 Å². The quantitative estimate of drug-likeness (QED) is 0.510. The highest BCUT2D eigenvalue weighted by atomic mass is 32.2. The lowest BCUT2D eigenvalue weighted by atomic mass is 10.1. The molecule has 0 aliphatic carbocycles. The average Bonchev–Trinajstić information content (AvgIpc) is 2.63. The first-order valence-electron chi connectivity index (χ1n) is 8.65. The van der Waals surface area contributed by atoms with Gasteiger partial charge in [-0.25, -0.2) is 0 Å². The topological polar surface area (TPSA) is 149 Å². The predicted octanol–water partition coefficient (Wildman–Crippen LogP) is 2.48. The monoisotopic (exact) mass is 448 g/mol. The van der Waals surface area contributed by atoms with E-state index >= 15 is 0 Å². The molecule has 164 valence electrons. The molecule has 0 fully saturated rings. The Morgan fingerprint density at radius 1 is 0.690 bits per heavy atom. The smallest absolute Gasteiger partial charge is 0.294 e. The molecule has 0 aliphatic rings. The second-order valence-corrected chi connectivity index (χ2v) is 9.06. The molecule has 0 atom stereocenters. The lowest BCUT2D eigenvalue weighted by Crippen LogP contribution is -2.08. The maximum atomic E-state index is 10.5. The Balaban J connectivity index is 0.000000419. The Hall–Kier alpha value is -1.82. The highest BCUT2D eigenvalue weighted by molar-refractivity contribution is 7.86. The number of hydrogen-bond donors (Lipinski definition) is 4. The van der Waals surface area contributed by atoms with Crippen molar-refractivity contribution in [3.05, 3.63) is 59.7 Å². The van der Waals surface area contributed by atoms with Gasteiger partial charge in [-0.15, -0.1) is 0 Å². The second kappa shape index (κ2) is 12.7. The Kier molecular flexibility index (Phi) is 11.9. The second-order valence-electron chi connectivity index (χ2n) is 6.22. The van der Waals surface area contributed by atoms with Crippen LogP contribution in [0, 0.1) is 19.8 Å². The van der Waals surface area contributed by atoms with Gasteiger partial charge in [0.15, 0.2) is 0 Å². The molecule has 0 saturated carbocycles. The van der Waals surface area contributed by atoms with E-state index in [-0.39, 0.29) is 28.9 Å². The number of benzene rings is 2. The summed E-state index contributed by atoms with van der Waals surface area (Å²) in [6.45, 7) is 5.83. The molecule has 0 aliphatic heterocycles. The molecule has 0 saturated heterocycles. The van der Waals surface area contributed by atoms with Gasteiger partial charge in [0, 0.05) is 19.1 Å². The van der Waals surface area contributed by atoms with Crippen molar-refractivity contribution in [1.29, 1.82) is 0 Å². The van der Waals surface area contributed by atoms with Crippen LogP contribution in [0.1, 0.15) is 24.5 Å². The fourth-order valence-corrected chi connectivity index (χ4v) is 2.70. The summed E-state index contributed by atoms with van der Waals surface area (Å²) in [4.78, 5) is -0.133. The molecule has 0 spiro atoms. The van der Waals surface area contributed by atoms with Gasteiger partial charge >= 0.3 is 0 Å². The van der Waals surface area contributed by atoms with E-state index in [0.717, 1.165) is 17.5 Å². The van der Waals surface area contributed by atoms with Gasteiger partial charge in [-0.3, -0.25) is 9.11 Å². The van der Waals surface area contributed by atoms with Crippen molar-refractivity contribution >= 4 is 20.2 Å². The summed E-state index contributed by atoms with van der Waals surface area (Å²) in [5.41, 5.74) is 1.91. The van der Waals surface area contributed by atoms with Crippen LogP contribution in [0.5, 0.6) is 0 Å². The molecule has 0 radical (unpaired) electrons. The molecule has 8 nitrogen and oxygen atoms in total. The fourth-order valence-electron chi connectivity index (χ4n) is 1.74. The molecule has 29 heavy (non-hydrogen) atoms. The summed E-state index contributed by atoms with van der Waals surface area (Å²) < 4.78 is 59.1. The highest BCUT2D eigenvalue weighted by Gasteiger charge is 2.07. The third-order valence-corrected chi connectivity index (χ3v) is 5.47. The Bertz CT molecular complexity index is 836. The van der Waals surface area contributed by atoms with Gasteiger partial charge in [0.2, 0.25) is 0 Å². The van der Waals surface area contributed by atoms with Gasteiger partial charge in [-0.2, -0.15) is 16.8 Å². The van der Waals surface area contributed by atoms with Crippen molar-refractivity contribution in [3.63, 3.8) is 0 Å². The van der Waals surface area contributed by atoms with Gasteiger partial charge in [0.1, 0.15) is 0 Å². The molecule has 2 rings (SSSR count). The molecule has 0 aromatic heterocycles. The van der Waals surface area contributed by atoms with Crippen LogP contribution < -0.4 is 0 Å². The van der Waals surface area contributed by atoms with Crippen LogP contribution in [-0.2, 0) is 20.2 Å². The molecule has 0 bridgehead atoms. The number of aliphatic hydroxyl groups excluding tert-OH is 2. The summed E-state index contributed by atoms with van der Waals surface area (Å²) in [7, 11) is -8.04. The van der Waals surface area contributed by atoms with Crippen molar-refractivity contribution in [2.75, 3.05) is 13.2 Å². The van der Waals surface area contributed by atoms with E-state index in [4.69, 9.17) is 19.3 Å². The van der Waals surface area contributed by atoms with Crippen LogP contribution in [0.3, 0.4) is 0 Å². The third kappa shape index (κ3) is 11.7. The van der Waals surface area contributed by atoms with Crippen LogP contribution in [0.25, 0.3) is 0 Å². The lowest BCUT2D eigenvalue weighted by molar-refractivity contribution is 0.147. The first-order chi connectivity index (χ1) is 13.3. The van der Waals surface area contributed by atoms with E-state index in [1.807, 2.05) is 20.8 Å². The van der Waals surface area contributed by atoms with Crippen LogP contribution >= 0.6 is 0 Å². The van der Waals surface area contributed by atoms with Crippen LogP contribution in [0.15, 0.2) is 58.3 Å². The molecule has 2 aromatic carbocycles. The van der Waals surface area contributed by atoms with Crippen LogP contribution in [-0.4, -0.2) is 49.4 Å². The van der Waals surface area contributed by atoms with E-state index in [2.05, 4.69) is 0 Å². The third-order valence-electron chi connectivity index (χ3n) is 3.73. The molecule has 0 heterocycles. The summed E-state index contributed by atoms with van der Waals surface area (Å²) in [5.74, 6) is 0.0972. The van der Waals surface area contributed by atoms with Gasteiger partial charge in [0.25, 0.3) is 20.2 Å². The van der Waals surface area contributed by atoms with Crippen molar-refractivity contribution < 1.29 is 36.2 Å². The number of aryl methyl sites for hydroxylation is 2. The van der Waals surface area contributed by atoms with Gasteiger partial charge in [-0.05, 0) is 44.5 Å². The van der Waals surface area contributed by atoms with Crippen LogP contribution in [0.2, 0.25) is 0 Å². The zero-order valence-electron chi connectivity index (χ0n) is 16.6.